The van der Waals surface area contributed by atoms with E-state index in [9.17, 15) is 0 Å². The smallest absolute Gasteiger partial charge is 0.0239 e. The van der Waals surface area contributed by atoms with E-state index in [0.29, 0.717) is 0 Å². The van der Waals surface area contributed by atoms with Crippen LogP contribution in [0.25, 0.3) is 0 Å². The van der Waals surface area contributed by atoms with Gasteiger partial charge >= 0.3 is 0 Å². The van der Waals surface area contributed by atoms with Gasteiger partial charge in [-0.15, -0.1) is 6.58 Å². The quantitative estimate of drug-likeness (QED) is 0.612. The summed E-state index contributed by atoms with van der Waals surface area (Å²) in [6.07, 6.45) is 4.19. The van der Waals surface area contributed by atoms with Crippen LogP contribution in [0.2, 0.25) is 0 Å². The Kier molecular flexibility index (Phi) is 3.30. The summed E-state index contributed by atoms with van der Waals surface area (Å²) in [4.78, 5) is 0. The summed E-state index contributed by atoms with van der Waals surface area (Å²) in [6.45, 7) is 10.3. The van der Waals surface area contributed by atoms with Crippen LogP contribution in [0.3, 0.4) is 0 Å². The SMILES string of the molecule is C=CCCc1c(C)ccc(C)c1C. The molecule has 13 heavy (non-hydrogen) atoms. The number of rotatable bonds is 3. The molecule has 1 rings (SSSR count). The highest BCUT2D eigenvalue weighted by molar-refractivity contribution is 5.39. The lowest BCUT2D eigenvalue weighted by atomic mass is 9.95. The molecule has 0 amide bonds. The van der Waals surface area contributed by atoms with Crippen molar-refractivity contribution < 1.29 is 0 Å². The van der Waals surface area contributed by atoms with Gasteiger partial charge in [0.2, 0.25) is 0 Å². The first-order chi connectivity index (χ1) is 6.16. The minimum absolute atomic E-state index is 1.07. The summed E-state index contributed by atoms with van der Waals surface area (Å²) in [5.41, 5.74) is 5.75. The molecular weight excluding hydrogens is 156 g/mol. The molecule has 0 heteroatoms. The van der Waals surface area contributed by atoms with Crippen molar-refractivity contribution in [2.24, 2.45) is 0 Å². The third-order valence-electron chi connectivity index (χ3n) is 2.70. The fraction of sp³-hybridized carbons (Fsp3) is 0.385. The van der Waals surface area contributed by atoms with Crippen LogP contribution < -0.4 is 0 Å². The van der Waals surface area contributed by atoms with Gasteiger partial charge in [0.15, 0.2) is 0 Å². The Bertz CT molecular complexity index is 308. The van der Waals surface area contributed by atoms with E-state index < -0.39 is 0 Å². The van der Waals surface area contributed by atoms with E-state index in [4.69, 9.17) is 0 Å². The highest BCUT2D eigenvalue weighted by Gasteiger charge is 2.03. The van der Waals surface area contributed by atoms with Gasteiger partial charge in [-0.1, -0.05) is 18.2 Å². The van der Waals surface area contributed by atoms with Crippen LogP contribution in [0.15, 0.2) is 24.8 Å². The molecule has 0 aromatic heterocycles. The Morgan fingerprint density at radius 2 is 1.77 bits per heavy atom. The van der Waals surface area contributed by atoms with Crippen LogP contribution in [-0.2, 0) is 6.42 Å². The van der Waals surface area contributed by atoms with Crippen molar-refractivity contribution in [3.63, 3.8) is 0 Å². The summed E-state index contributed by atoms with van der Waals surface area (Å²) in [7, 11) is 0. The zero-order chi connectivity index (χ0) is 9.84. The standard InChI is InChI=1S/C13H18/c1-5-6-7-13-11(3)9-8-10(2)12(13)4/h5,8-9H,1,6-7H2,2-4H3. The molecule has 0 nitrogen and oxygen atoms in total. The number of benzene rings is 1. The second-order valence-corrected chi connectivity index (χ2v) is 3.63. The second kappa shape index (κ2) is 4.27. The van der Waals surface area contributed by atoms with Crippen molar-refractivity contribution in [1.29, 1.82) is 0 Å². The third-order valence-corrected chi connectivity index (χ3v) is 2.70. The molecule has 0 bridgehead atoms. The van der Waals surface area contributed by atoms with Crippen molar-refractivity contribution >= 4 is 0 Å². The Morgan fingerprint density at radius 3 is 2.38 bits per heavy atom. The number of hydrogen-bond donors (Lipinski definition) is 0. The maximum absolute atomic E-state index is 3.76. The van der Waals surface area contributed by atoms with Crippen LogP contribution in [0.1, 0.15) is 28.7 Å². The van der Waals surface area contributed by atoms with E-state index in [1.54, 1.807) is 0 Å². The van der Waals surface area contributed by atoms with E-state index in [1.165, 1.54) is 22.3 Å². The predicted octanol–water partition coefficient (Wildman–Crippen LogP) is 3.73. The monoisotopic (exact) mass is 174 g/mol. The van der Waals surface area contributed by atoms with Crippen molar-refractivity contribution in [2.45, 2.75) is 33.6 Å². The maximum Gasteiger partial charge on any atom is -0.0239 e. The molecule has 0 N–H and O–H groups in total. The highest BCUT2D eigenvalue weighted by Crippen LogP contribution is 2.19. The van der Waals surface area contributed by atoms with Crippen LogP contribution in [-0.4, -0.2) is 0 Å². The highest BCUT2D eigenvalue weighted by atomic mass is 14.1. The lowest BCUT2D eigenvalue weighted by molar-refractivity contribution is 0.968. The molecule has 0 spiro atoms. The van der Waals surface area contributed by atoms with Gasteiger partial charge < -0.3 is 0 Å². The molecule has 0 fully saturated rings. The fourth-order valence-corrected chi connectivity index (χ4v) is 1.64. The first-order valence-corrected chi connectivity index (χ1v) is 4.83. The van der Waals surface area contributed by atoms with Crippen molar-refractivity contribution in [3.8, 4) is 0 Å². The van der Waals surface area contributed by atoms with Crippen molar-refractivity contribution in [1.82, 2.24) is 0 Å². The number of aryl methyl sites for hydroxylation is 2. The predicted molar refractivity (Wildman–Crippen MR) is 59.2 cm³/mol. The van der Waals surface area contributed by atoms with Crippen LogP contribution in [0, 0.1) is 20.8 Å². The normalized spacial score (nSPS) is 10.1. The molecule has 0 heterocycles. The Morgan fingerprint density at radius 1 is 1.15 bits per heavy atom. The van der Waals surface area contributed by atoms with Gasteiger partial charge in [0, 0.05) is 0 Å². The van der Waals surface area contributed by atoms with E-state index in [-0.39, 0.29) is 0 Å². The Labute approximate surface area is 81.3 Å². The molecular formula is C13H18. The summed E-state index contributed by atoms with van der Waals surface area (Å²) >= 11 is 0. The molecule has 1 aromatic rings. The number of hydrogen-bond acceptors (Lipinski definition) is 0. The second-order valence-electron chi connectivity index (χ2n) is 3.63. The summed E-state index contributed by atoms with van der Waals surface area (Å²) in [5, 5.41) is 0. The molecule has 1 aromatic carbocycles. The summed E-state index contributed by atoms with van der Waals surface area (Å²) in [5.74, 6) is 0. The first-order valence-electron chi connectivity index (χ1n) is 4.83. The fourth-order valence-electron chi connectivity index (χ4n) is 1.64. The first kappa shape index (κ1) is 10.0. The Balaban J connectivity index is 3.02. The molecule has 0 aliphatic rings. The van der Waals surface area contributed by atoms with Gasteiger partial charge in [-0.05, 0) is 55.9 Å². The van der Waals surface area contributed by atoms with Crippen LogP contribution in [0.5, 0.6) is 0 Å². The average Bonchev–Trinajstić information content (AvgIpc) is 2.12. The zero-order valence-electron chi connectivity index (χ0n) is 8.85. The molecule has 0 aliphatic heterocycles. The lowest BCUT2D eigenvalue weighted by Gasteiger charge is -2.10. The van der Waals surface area contributed by atoms with E-state index >= 15 is 0 Å². The molecule has 0 saturated heterocycles. The Hall–Kier alpha value is -1.04. The largest absolute Gasteiger partial charge is 0.103 e. The van der Waals surface area contributed by atoms with Crippen LogP contribution in [0.4, 0.5) is 0 Å². The minimum atomic E-state index is 1.07. The molecule has 0 radical (unpaired) electrons. The van der Waals surface area contributed by atoms with Gasteiger partial charge in [-0.2, -0.15) is 0 Å². The van der Waals surface area contributed by atoms with Gasteiger partial charge in [0.25, 0.3) is 0 Å². The summed E-state index contributed by atoms with van der Waals surface area (Å²) in [6, 6.07) is 4.41. The van der Waals surface area contributed by atoms with Gasteiger partial charge in [-0.3, -0.25) is 0 Å². The molecule has 0 aliphatic carbocycles. The maximum atomic E-state index is 3.76. The van der Waals surface area contributed by atoms with Gasteiger partial charge in [-0.25, -0.2) is 0 Å². The lowest BCUT2D eigenvalue weighted by Crippen LogP contribution is -1.95. The molecule has 0 unspecified atom stereocenters. The van der Waals surface area contributed by atoms with Crippen LogP contribution >= 0.6 is 0 Å². The van der Waals surface area contributed by atoms with E-state index in [0.717, 1.165) is 12.8 Å². The van der Waals surface area contributed by atoms with Crippen molar-refractivity contribution in [3.05, 3.63) is 47.0 Å². The van der Waals surface area contributed by atoms with Gasteiger partial charge in [0.1, 0.15) is 0 Å². The number of allylic oxidation sites excluding steroid dienone is 1. The average molecular weight is 174 g/mol. The summed E-state index contributed by atoms with van der Waals surface area (Å²) < 4.78 is 0. The van der Waals surface area contributed by atoms with E-state index in [1.807, 2.05) is 6.08 Å². The van der Waals surface area contributed by atoms with E-state index in [2.05, 4.69) is 39.5 Å². The third kappa shape index (κ3) is 2.21. The molecule has 70 valence electrons. The zero-order valence-corrected chi connectivity index (χ0v) is 8.85. The molecule has 0 atom stereocenters. The molecule has 0 saturated carbocycles. The van der Waals surface area contributed by atoms with Gasteiger partial charge in [0.05, 0.1) is 0 Å². The minimum Gasteiger partial charge on any atom is -0.103 e. The topological polar surface area (TPSA) is 0 Å². The van der Waals surface area contributed by atoms with Crippen molar-refractivity contribution in [2.75, 3.05) is 0 Å².